The third-order valence-corrected chi connectivity index (χ3v) is 8.56. The number of anilines is 1. The lowest BCUT2D eigenvalue weighted by Crippen LogP contribution is -2.52. The molecule has 3 aliphatic heterocycles. The second-order valence-corrected chi connectivity index (χ2v) is 11.1. The number of piperidine rings is 1. The second kappa shape index (κ2) is 9.79. The molecule has 2 saturated heterocycles. The van der Waals surface area contributed by atoms with Gasteiger partial charge in [-0.25, -0.2) is 0 Å². The smallest absolute Gasteiger partial charge is 0.230 e. The maximum atomic E-state index is 13.3. The average Bonchev–Trinajstić information content (AvgIpc) is 3.28. The number of hydrogen-bond donors (Lipinski definition) is 0. The third-order valence-electron chi connectivity index (χ3n) is 8.56. The summed E-state index contributed by atoms with van der Waals surface area (Å²) >= 11 is 0. The standard InChI is InChI=1S/C28H42N4O/c1-21(2)22-5-4-6-23(17-22)28(33)32-19-24-7-8-27(18-25(24)20-32)30-11-9-26(10-12-30)31-15-13-29(3)14-16-31/h7-8,17-18,21,23,26H,4-6,9-16,19-20H2,1-3H3. The molecule has 0 aromatic heterocycles. The van der Waals surface area contributed by atoms with E-state index in [4.69, 9.17) is 0 Å². The number of nitrogens with zero attached hydrogens (tertiary/aromatic N) is 4. The van der Waals surface area contributed by atoms with Crippen LogP contribution in [0.3, 0.4) is 0 Å². The Morgan fingerprint density at radius 3 is 2.39 bits per heavy atom. The van der Waals surface area contributed by atoms with Crippen LogP contribution in [0.1, 0.15) is 57.1 Å². The molecule has 4 aliphatic rings. The van der Waals surface area contributed by atoms with Gasteiger partial charge in [-0.2, -0.15) is 0 Å². The van der Waals surface area contributed by atoms with E-state index < -0.39 is 0 Å². The molecular formula is C28H42N4O. The third kappa shape index (κ3) is 5.00. The van der Waals surface area contributed by atoms with Crippen molar-refractivity contribution in [1.82, 2.24) is 14.7 Å². The molecule has 1 aromatic carbocycles. The minimum atomic E-state index is 0.0820. The monoisotopic (exact) mass is 450 g/mol. The van der Waals surface area contributed by atoms with Gasteiger partial charge < -0.3 is 14.7 Å². The Kier molecular flexibility index (Phi) is 6.80. The lowest BCUT2D eigenvalue weighted by Gasteiger charge is -2.42. The zero-order valence-electron chi connectivity index (χ0n) is 20.9. The summed E-state index contributed by atoms with van der Waals surface area (Å²) < 4.78 is 0. The van der Waals surface area contributed by atoms with Crippen LogP contribution in [0.2, 0.25) is 0 Å². The Balaban J connectivity index is 1.18. The molecule has 0 saturated carbocycles. The van der Waals surface area contributed by atoms with Crippen LogP contribution >= 0.6 is 0 Å². The first-order valence-electron chi connectivity index (χ1n) is 13.3. The SMILES string of the molecule is CC(C)C1=CC(C(=O)N2Cc3ccc(N4CCC(N5CCN(C)CC5)CC4)cc3C2)CCC1. The van der Waals surface area contributed by atoms with Crippen molar-refractivity contribution in [2.24, 2.45) is 11.8 Å². The summed E-state index contributed by atoms with van der Waals surface area (Å²) in [5, 5.41) is 0. The largest absolute Gasteiger partial charge is 0.371 e. The van der Waals surface area contributed by atoms with Crippen LogP contribution in [0.4, 0.5) is 5.69 Å². The number of rotatable bonds is 4. The van der Waals surface area contributed by atoms with Crippen molar-refractivity contribution < 1.29 is 4.79 Å². The van der Waals surface area contributed by atoms with Gasteiger partial charge in [-0.1, -0.05) is 31.6 Å². The van der Waals surface area contributed by atoms with Gasteiger partial charge in [0, 0.05) is 64.1 Å². The van der Waals surface area contributed by atoms with E-state index in [1.807, 2.05) is 0 Å². The fourth-order valence-electron chi connectivity index (χ4n) is 6.27. The summed E-state index contributed by atoms with van der Waals surface area (Å²) in [6.07, 6.45) is 8.13. The quantitative estimate of drug-likeness (QED) is 0.646. The van der Waals surface area contributed by atoms with Crippen LogP contribution in [-0.4, -0.2) is 73.0 Å². The maximum absolute atomic E-state index is 13.3. The highest BCUT2D eigenvalue weighted by Crippen LogP contribution is 2.33. The van der Waals surface area contributed by atoms with Gasteiger partial charge in [0.05, 0.1) is 5.92 Å². The molecule has 1 unspecified atom stereocenters. The lowest BCUT2D eigenvalue weighted by molar-refractivity contribution is -0.135. The Morgan fingerprint density at radius 1 is 0.939 bits per heavy atom. The predicted octanol–water partition coefficient (Wildman–Crippen LogP) is 4.13. The summed E-state index contributed by atoms with van der Waals surface area (Å²) in [6.45, 7) is 13.2. The zero-order chi connectivity index (χ0) is 22.9. The summed E-state index contributed by atoms with van der Waals surface area (Å²) in [7, 11) is 2.23. The van der Waals surface area contributed by atoms with E-state index in [0.29, 0.717) is 11.8 Å². The molecule has 1 amide bonds. The molecular weight excluding hydrogens is 408 g/mol. The fourth-order valence-corrected chi connectivity index (χ4v) is 6.27. The first-order chi connectivity index (χ1) is 16.0. The highest BCUT2D eigenvalue weighted by molar-refractivity contribution is 5.81. The Labute approximate surface area is 200 Å². The van der Waals surface area contributed by atoms with Crippen LogP contribution in [0.15, 0.2) is 29.8 Å². The van der Waals surface area contributed by atoms with Crippen molar-refractivity contribution in [3.05, 3.63) is 41.0 Å². The number of fused-ring (bicyclic) bond motifs is 1. The number of piperazine rings is 1. The summed E-state index contributed by atoms with van der Waals surface area (Å²) in [4.78, 5) is 23.1. The van der Waals surface area contributed by atoms with Crippen molar-refractivity contribution in [2.75, 3.05) is 51.2 Å². The number of carbonyl (C=O) groups is 1. The van der Waals surface area contributed by atoms with Gasteiger partial charge in [-0.15, -0.1) is 0 Å². The van der Waals surface area contributed by atoms with Crippen molar-refractivity contribution >= 4 is 11.6 Å². The number of allylic oxidation sites excluding steroid dienone is 1. The molecule has 0 bridgehead atoms. The highest BCUT2D eigenvalue weighted by atomic mass is 16.2. The Hall–Kier alpha value is -1.85. The van der Waals surface area contributed by atoms with Crippen molar-refractivity contribution in [2.45, 2.75) is 65.1 Å². The number of carbonyl (C=O) groups excluding carboxylic acids is 1. The van der Waals surface area contributed by atoms with E-state index in [0.717, 1.165) is 51.5 Å². The van der Waals surface area contributed by atoms with Gasteiger partial charge in [0.2, 0.25) is 5.91 Å². The Bertz CT molecular complexity index is 878. The van der Waals surface area contributed by atoms with Crippen molar-refractivity contribution in [3.8, 4) is 0 Å². The van der Waals surface area contributed by atoms with E-state index in [-0.39, 0.29) is 5.92 Å². The minimum absolute atomic E-state index is 0.0820. The highest BCUT2D eigenvalue weighted by Gasteiger charge is 2.31. The van der Waals surface area contributed by atoms with E-state index in [9.17, 15) is 4.79 Å². The molecule has 180 valence electrons. The van der Waals surface area contributed by atoms with Gasteiger partial charge >= 0.3 is 0 Å². The predicted molar refractivity (Wildman–Crippen MR) is 135 cm³/mol. The van der Waals surface area contributed by atoms with Crippen LogP contribution in [0, 0.1) is 11.8 Å². The van der Waals surface area contributed by atoms with E-state index >= 15 is 0 Å². The topological polar surface area (TPSA) is 30.0 Å². The number of likely N-dealkylation sites (N-methyl/N-ethyl adjacent to an activating group) is 1. The van der Waals surface area contributed by atoms with Crippen LogP contribution in [0.25, 0.3) is 0 Å². The normalized spacial score (nSPS) is 25.5. The van der Waals surface area contributed by atoms with E-state index in [1.165, 1.54) is 61.4 Å². The number of amides is 1. The molecule has 1 aromatic rings. The molecule has 2 fully saturated rings. The van der Waals surface area contributed by atoms with Crippen LogP contribution in [-0.2, 0) is 17.9 Å². The summed E-state index contributed by atoms with van der Waals surface area (Å²) in [5.41, 5.74) is 5.51. The molecule has 5 rings (SSSR count). The van der Waals surface area contributed by atoms with E-state index in [2.05, 4.69) is 64.8 Å². The fraction of sp³-hybridized carbons (Fsp3) is 0.679. The zero-order valence-corrected chi connectivity index (χ0v) is 20.9. The maximum Gasteiger partial charge on any atom is 0.230 e. The summed E-state index contributed by atoms with van der Waals surface area (Å²) in [5.74, 6) is 0.969. The second-order valence-electron chi connectivity index (χ2n) is 11.1. The average molecular weight is 451 g/mol. The molecule has 3 heterocycles. The number of benzene rings is 1. The molecule has 5 nitrogen and oxygen atoms in total. The van der Waals surface area contributed by atoms with Gasteiger partial charge in [0.25, 0.3) is 0 Å². The first kappa shape index (κ1) is 22.9. The van der Waals surface area contributed by atoms with Gasteiger partial charge in [0.15, 0.2) is 0 Å². The molecule has 1 atom stereocenters. The Morgan fingerprint density at radius 2 is 1.67 bits per heavy atom. The van der Waals surface area contributed by atoms with Crippen LogP contribution < -0.4 is 4.90 Å². The minimum Gasteiger partial charge on any atom is -0.371 e. The summed E-state index contributed by atoms with van der Waals surface area (Å²) in [6, 6.07) is 7.69. The molecule has 33 heavy (non-hydrogen) atoms. The van der Waals surface area contributed by atoms with Crippen molar-refractivity contribution in [3.63, 3.8) is 0 Å². The molecule has 1 aliphatic carbocycles. The lowest BCUT2D eigenvalue weighted by atomic mass is 9.85. The van der Waals surface area contributed by atoms with Gasteiger partial charge in [-0.05, 0) is 68.3 Å². The number of hydrogen-bond acceptors (Lipinski definition) is 4. The van der Waals surface area contributed by atoms with Crippen LogP contribution in [0.5, 0.6) is 0 Å². The molecule has 0 N–H and O–H groups in total. The van der Waals surface area contributed by atoms with Gasteiger partial charge in [0.1, 0.15) is 0 Å². The first-order valence-corrected chi connectivity index (χ1v) is 13.3. The molecule has 5 heteroatoms. The van der Waals surface area contributed by atoms with E-state index in [1.54, 1.807) is 0 Å². The van der Waals surface area contributed by atoms with Gasteiger partial charge in [-0.3, -0.25) is 9.69 Å². The molecule has 0 spiro atoms. The van der Waals surface area contributed by atoms with Crippen molar-refractivity contribution in [1.29, 1.82) is 0 Å². The molecule has 0 radical (unpaired) electrons.